The molecule has 8 nitrogen and oxygen atoms in total. The van der Waals surface area contributed by atoms with Gasteiger partial charge in [0.25, 0.3) is 0 Å². The maximum Gasteiger partial charge on any atom is 0.210 e. The highest BCUT2D eigenvalue weighted by Gasteiger charge is 2.29. The lowest BCUT2D eigenvalue weighted by Crippen LogP contribution is -2.38. The Hall–Kier alpha value is -3.36. The summed E-state index contributed by atoms with van der Waals surface area (Å²) in [5, 5.41) is 3.03. The number of carbonyl (C=O) groups is 2. The highest BCUT2D eigenvalue weighted by atomic mass is 16.5. The molecule has 0 amide bonds. The summed E-state index contributed by atoms with van der Waals surface area (Å²) in [5.74, 6) is 0.972. The van der Waals surface area contributed by atoms with Gasteiger partial charge in [-0.25, -0.2) is 0 Å². The van der Waals surface area contributed by atoms with Crippen molar-refractivity contribution >= 4 is 17.3 Å². The highest BCUT2D eigenvalue weighted by molar-refractivity contribution is 6.26. The fraction of sp³-hybridized carbons (Fsp3) is 0.333. The van der Waals surface area contributed by atoms with Crippen LogP contribution >= 0.6 is 0 Å². The molecule has 0 spiro atoms. The van der Waals surface area contributed by atoms with E-state index in [1.165, 1.54) is 13.2 Å². The number of morpholine rings is 1. The second-order valence-electron chi connectivity index (χ2n) is 7.43. The zero-order valence-corrected chi connectivity index (χ0v) is 18.2. The van der Waals surface area contributed by atoms with Gasteiger partial charge in [0.1, 0.15) is 12.4 Å². The van der Waals surface area contributed by atoms with Crippen LogP contribution in [-0.4, -0.2) is 70.1 Å². The minimum atomic E-state index is -0.274. The minimum Gasteiger partial charge on any atom is -0.493 e. The number of fused-ring (bicyclic) bond motifs is 1. The van der Waals surface area contributed by atoms with Gasteiger partial charge in [-0.2, -0.15) is 0 Å². The third-order valence-electron chi connectivity index (χ3n) is 5.47. The molecule has 1 aliphatic heterocycles. The summed E-state index contributed by atoms with van der Waals surface area (Å²) >= 11 is 0. The van der Waals surface area contributed by atoms with Gasteiger partial charge < -0.3 is 24.3 Å². The number of nitrogens with zero attached hydrogens (tertiary/aromatic N) is 1. The summed E-state index contributed by atoms with van der Waals surface area (Å²) in [4.78, 5) is 28.3. The van der Waals surface area contributed by atoms with Crippen molar-refractivity contribution < 1.29 is 28.5 Å². The van der Waals surface area contributed by atoms with E-state index in [9.17, 15) is 9.59 Å². The Morgan fingerprint density at radius 2 is 1.78 bits per heavy atom. The molecule has 0 saturated carbocycles. The smallest absolute Gasteiger partial charge is 0.210 e. The Morgan fingerprint density at radius 3 is 2.53 bits per heavy atom. The molecule has 1 N–H and O–H groups in total. The van der Waals surface area contributed by atoms with E-state index in [2.05, 4.69) is 10.2 Å². The van der Waals surface area contributed by atoms with Crippen molar-refractivity contribution in [3.05, 3.63) is 59.3 Å². The number of ether oxygens (including phenoxy) is 4. The number of nitrogens with one attached hydrogen (secondary N) is 1. The van der Waals surface area contributed by atoms with Crippen LogP contribution in [0.5, 0.6) is 17.2 Å². The van der Waals surface area contributed by atoms with Gasteiger partial charge in [-0.3, -0.25) is 14.5 Å². The minimum absolute atomic E-state index is 0.195. The molecular weight excluding hydrogens is 412 g/mol. The first-order valence-corrected chi connectivity index (χ1v) is 10.5. The number of carbonyl (C=O) groups excluding carboxylic acids is 2. The second-order valence-corrected chi connectivity index (χ2v) is 7.43. The van der Waals surface area contributed by atoms with Crippen LogP contribution in [0.2, 0.25) is 0 Å². The van der Waals surface area contributed by atoms with Crippen LogP contribution in [0.15, 0.2) is 48.2 Å². The van der Waals surface area contributed by atoms with Gasteiger partial charge in [0.05, 0.1) is 38.7 Å². The molecule has 8 heteroatoms. The third-order valence-corrected chi connectivity index (χ3v) is 5.47. The second kappa shape index (κ2) is 9.84. The van der Waals surface area contributed by atoms with Crippen molar-refractivity contribution in [1.82, 2.24) is 4.90 Å². The summed E-state index contributed by atoms with van der Waals surface area (Å²) in [6, 6.07) is 10.3. The zero-order chi connectivity index (χ0) is 22.5. The van der Waals surface area contributed by atoms with Crippen LogP contribution in [0, 0.1) is 0 Å². The molecule has 168 valence electrons. The molecule has 2 aromatic rings. The van der Waals surface area contributed by atoms with E-state index in [1.807, 2.05) is 0 Å². The third kappa shape index (κ3) is 4.61. The molecule has 2 aromatic carbocycles. The van der Waals surface area contributed by atoms with Gasteiger partial charge in [0.2, 0.25) is 5.78 Å². The highest BCUT2D eigenvalue weighted by Crippen LogP contribution is 2.33. The molecule has 0 aromatic heterocycles. The van der Waals surface area contributed by atoms with Gasteiger partial charge in [-0.15, -0.1) is 0 Å². The molecule has 1 saturated heterocycles. The zero-order valence-electron chi connectivity index (χ0n) is 18.2. The lowest BCUT2D eigenvalue weighted by molar-refractivity contribution is 0.0322. The van der Waals surface area contributed by atoms with E-state index in [0.29, 0.717) is 53.9 Å². The topological polar surface area (TPSA) is 86.3 Å². The fourth-order valence-electron chi connectivity index (χ4n) is 3.78. The van der Waals surface area contributed by atoms with Gasteiger partial charge >= 0.3 is 0 Å². The van der Waals surface area contributed by atoms with E-state index in [4.69, 9.17) is 18.9 Å². The summed E-state index contributed by atoms with van der Waals surface area (Å²) < 4.78 is 21.8. The molecule has 1 aliphatic carbocycles. The largest absolute Gasteiger partial charge is 0.493 e. The van der Waals surface area contributed by atoms with Crippen LogP contribution in [-0.2, 0) is 4.74 Å². The standard InChI is InChI=1S/C24H26N2O6/c1-29-20-7-6-16(14-22(20)30-2)25-18-15-19(27)23-17(24(18)28)4-3-5-21(23)32-13-10-26-8-11-31-12-9-26/h3-7,14-15,25H,8-13H2,1-2H3. The molecule has 1 heterocycles. The van der Waals surface area contributed by atoms with Crippen LogP contribution in [0.3, 0.4) is 0 Å². The van der Waals surface area contributed by atoms with E-state index >= 15 is 0 Å². The van der Waals surface area contributed by atoms with Crippen molar-refractivity contribution in [2.24, 2.45) is 0 Å². The molecule has 0 radical (unpaired) electrons. The molecular formula is C24H26N2O6. The number of allylic oxidation sites excluding steroid dienone is 2. The molecule has 1 fully saturated rings. The van der Waals surface area contributed by atoms with Gasteiger partial charge in [0.15, 0.2) is 17.3 Å². The van der Waals surface area contributed by atoms with Crippen molar-refractivity contribution in [1.29, 1.82) is 0 Å². The summed E-state index contributed by atoms with van der Waals surface area (Å²) in [6.45, 7) is 4.32. The fourth-order valence-corrected chi connectivity index (χ4v) is 3.78. The van der Waals surface area contributed by atoms with Crippen LogP contribution in [0.1, 0.15) is 20.7 Å². The molecule has 32 heavy (non-hydrogen) atoms. The van der Waals surface area contributed by atoms with Crippen molar-refractivity contribution in [3.8, 4) is 17.2 Å². The number of ketones is 2. The Balaban J connectivity index is 1.49. The summed E-state index contributed by atoms with van der Waals surface area (Å²) in [5.41, 5.74) is 1.43. The maximum absolute atomic E-state index is 13.1. The van der Waals surface area contributed by atoms with Gasteiger partial charge in [0, 0.05) is 43.0 Å². The quantitative estimate of drug-likeness (QED) is 0.674. The number of anilines is 1. The van der Waals surface area contributed by atoms with Crippen LogP contribution < -0.4 is 19.5 Å². The average Bonchev–Trinajstić information content (AvgIpc) is 2.82. The Labute approximate surface area is 186 Å². The Bertz CT molecular complexity index is 1040. The first kappa shape index (κ1) is 21.9. The Kier molecular flexibility index (Phi) is 6.72. The predicted molar refractivity (Wildman–Crippen MR) is 119 cm³/mol. The lowest BCUT2D eigenvalue weighted by Gasteiger charge is -2.26. The van der Waals surface area contributed by atoms with Crippen molar-refractivity contribution in [2.75, 3.05) is 59.0 Å². The van der Waals surface area contributed by atoms with Crippen molar-refractivity contribution in [3.63, 3.8) is 0 Å². The predicted octanol–water partition coefficient (Wildman–Crippen LogP) is 2.79. The number of hydrogen-bond donors (Lipinski definition) is 1. The molecule has 0 atom stereocenters. The number of methoxy groups -OCH3 is 2. The van der Waals surface area contributed by atoms with E-state index < -0.39 is 0 Å². The normalized spacial score (nSPS) is 16.2. The maximum atomic E-state index is 13.1. The van der Waals surface area contributed by atoms with E-state index in [1.54, 1.807) is 43.5 Å². The number of Topliss-reactive ketones (excluding diaryl/α,β-unsaturated/α-hetero) is 1. The number of benzene rings is 2. The van der Waals surface area contributed by atoms with E-state index in [0.717, 1.165) is 19.6 Å². The van der Waals surface area contributed by atoms with Gasteiger partial charge in [-0.05, 0) is 24.3 Å². The number of hydrogen-bond acceptors (Lipinski definition) is 8. The average molecular weight is 438 g/mol. The number of rotatable bonds is 8. The molecule has 0 unspecified atom stereocenters. The van der Waals surface area contributed by atoms with Crippen LogP contribution in [0.25, 0.3) is 0 Å². The summed E-state index contributed by atoms with van der Waals surface area (Å²) in [7, 11) is 3.08. The van der Waals surface area contributed by atoms with Gasteiger partial charge in [-0.1, -0.05) is 6.07 Å². The molecule has 0 bridgehead atoms. The van der Waals surface area contributed by atoms with E-state index in [-0.39, 0.29) is 17.3 Å². The SMILES string of the molecule is COc1ccc(NC2=CC(=O)c3c(OCCN4CCOCC4)cccc3C2=O)cc1OC. The summed E-state index contributed by atoms with van der Waals surface area (Å²) in [6.07, 6.45) is 1.32. The Morgan fingerprint density at radius 1 is 1.00 bits per heavy atom. The molecule has 2 aliphatic rings. The first-order valence-electron chi connectivity index (χ1n) is 10.5. The molecule has 4 rings (SSSR count). The monoisotopic (exact) mass is 438 g/mol. The van der Waals surface area contributed by atoms with Crippen molar-refractivity contribution in [2.45, 2.75) is 0 Å². The first-order chi connectivity index (χ1) is 15.6. The van der Waals surface area contributed by atoms with Crippen LogP contribution in [0.4, 0.5) is 5.69 Å². The lowest BCUT2D eigenvalue weighted by atomic mass is 9.91.